The molecule has 4 heteroatoms. The molecule has 0 N–H and O–H groups in total. The third-order valence-electron chi connectivity index (χ3n) is 3.10. The lowest BCUT2D eigenvalue weighted by Crippen LogP contribution is -2.14. The topological polar surface area (TPSA) is 40.9 Å². The van der Waals surface area contributed by atoms with Crippen molar-refractivity contribution < 1.29 is 9.18 Å². The van der Waals surface area contributed by atoms with Crippen molar-refractivity contribution in [3.05, 3.63) is 70.0 Å². The highest BCUT2D eigenvalue weighted by Gasteiger charge is 2.27. The zero-order chi connectivity index (χ0) is 14.7. The number of aryl methyl sites for hydroxylation is 1. The van der Waals surface area contributed by atoms with Gasteiger partial charge in [0, 0.05) is 0 Å². The molecule has 1 unspecified atom stereocenters. The maximum Gasteiger partial charge on any atom is 0.188 e. The van der Waals surface area contributed by atoms with Gasteiger partial charge in [-0.15, -0.1) is 0 Å². The Morgan fingerprint density at radius 3 is 2.55 bits per heavy atom. The van der Waals surface area contributed by atoms with Crippen molar-refractivity contribution in [2.75, 3.05) is 0 Å². The second-order valence-corrected chi connectivity index (χ2v) is 4.79. The Morgan fingerprint density at radius 2 is 1.95 bits per heavy atom. The SMILES string of the molecule is Cc1ccccc1C(C#N)C(=O)c1c(F)cccc1Cl. The predicted molar refractivity (Wildman–Crippen MR) is 75.3 cm³/mol. The average Bonchev–Trinajstić information content (AvgIpc) is 2.41. The molecule has 2 rings (SSSR count). The number of nitrogens with zero attached hydrogens (tertiary/aromatic N) is 1. The van der Waals surface area contributed by atoms with Crippen LogP contribution in [0.15, 0.2) is 42.5 Å². The second-order valence-electron chi connectivity index (χ2n) is 4.38. The van der Waals surface area contributed by atoms with E-state index in [-0.39, 0.29) is 10.6 Å². The van der Waals surface area contributed by atoms with Crippen LogP contribution in [0, 0.1) is 24.1 Å². The van der Waals surface area contributed by atoms with Gasteiger partial charge in [-0.3, -0.25) is 4.79 Å². The van der Waals surface area contributed by atoms with Gasteiger partial charge in [-0.1, -0.05) is 41.9 Å². The first-order valence-electron chi connectivity index (χ1n) is 5.99. The molecule has 2 aromatic carbocycles. The van der Waals surface area contributed by atoms with Crippen LogP contribution in [0.4, 0.5) is 4.39 Å². The van der Waals surface area contributed by atoms with Gasteiger partial charge in [0.2, 0.25) is 0 Å². The summed E-state index contributed by atoms with van der Waals surface area (Å²) in [5.74, 6) is -2.40. The van der Waals surface area contributed by atoms with Gasteiger partial charge in [-0.05, 0) is 30.2 Å². The van der Waals surface area contributed by atoms with Crippen LogP contribution in [0.2, 0.25) is 5.02 Å². The standard InChI is InChI=1S/C16H11ClFNO/c1-10-5-2-3-6-11(10)12(9-19)16(20)15-13(17)7-4-8-14(15)18/h2-8,12H,1H3. The largest absolute Gasteiger partial charge is 0.292 e. The molecule has 0 radical (unpaired) electrons. The molecule has 0 aliphatic carbocycles. The molecule has 0 spiro atoms. The number of rotatable bonds is 3. The Labute approximate surface area is 121 Å². The van der Waals surface area contributed by atoms with Gasteiger partial charge in [-0.2, -0.15) is 5.26 Å². The van der Waals surface area contributed by atoms with Gasteiger partial charge in [0.15, 0.2) is 5.78 Å². The van der Waals surface area contributed by atoms with E-state index in [0.29, 0.717) is 5.56 Å². The van der Waals surface area contributed by atoms with Crippen molar-refractivity contribution in [1.82, 2.24) is 0 Å². The molecule has 0 bridgehead atoms. The summed E-state index contributed by atoms with van der Waals surface area (Å²) in [5.41, 5.74) is 1.14. The van der Waals surface area contributed by atoms with Crippen LogP contribution in [-0.2, 0) is 0 Å². The van der Waals surface area contributed by atoms with E-state index in [1.54, 1.807) is 25.1 Å². The highest BCUT2D eigenvalue weighted by Crippen LogP contribution is 2.28. The molecular weight excluding hydrogens is 277 g/mol. The van der Waals surface area contributed by atoms with Gasteiger partial charge in [0.25, 0.3) is 0 Å². The Morgan fingerprint density at radius 1 is 1.25 bits per heavy atom. The Balaban J connectivity index is 2.52. The Kier molecular flexibility index (Phi) is 4.16. The van der Waals surface area contributed by atoms with Crippen molar-refractivity contribution in [2.24, 2.45) is 0 Å². The quantitative estimate of drug-likeness (QED) is 0.791. The lowest BCUT2D eigenvalue weighted by atomic mass is 9.89. The molecule has 0 saturated heterocycles. The number of nitriles is 1. The zero-order valence-corrected chi connectivity index (χ0v) is 11.5. The molecule has 0 aliphatic heterocycles. The summed E-state index contributed by atoms with van der Waals surface area (Å²) in [6.45, 7) is 1.80. The second kappa shape index (κ2) is 5.85. The summed E-state index contributed by atoms with van der Waals surface area (Å²) in [7, 11) is 0. The molecule has 0 saturated carbocycles. The van der Waals surface area contributed by atoms with Gasteiger partial charge in [0.05, 0.1) is 16.7 Å². The summed E-state index contributed by atoms with van der Waals surface area (Å²) < 4.78 is 13.8. The summed E-state index contributed by atoms with van der Waals surface area (Å²) in [6.07, 6.45) is 0. The van der Waals surface area contributed by atoms with Gasteiger partial charge < -0.3 is 0 Å². The molecule has 100 valence electrons. The molecule has 20 heavy (non-hydrogen) atoms. The van der Waals surface area contributed by atoms with Crippen LogP contribution in [0.5, 0.6) is 0 Å². The lowest BCUT2D eigenvalue weighted by molar-refractivity contribution is 0.0975. The van der Waals surface area contributed by atoms with Crippen LogP contribution in [-0.4, -0.2) is 5.78 Å². The maximum absolute atomic E-state index is 13.8. The number of hydrogen-bond acceptors (Lipinski definition) is 2. The van der Waals surface area contributed by atoms with Crippen LogP contribution < -0.4 is 0 Å². The maximum atomic E-state index is 13.8. The van der Waals surface area contributed by atoms with Crippen molar-refractivity contribution in [1.29, 1.82) is 5.26 Å². The number of Topliss-reactive ketones (excluding diaryl/α,β-unsaturated/α-hetero) is 1. The highest BCUT2D eigenvalue weighted by molar-refractivity contribution is 6.34. The molecule has 0 aromatic heterocycles. The minimum Gasteiger partial charge on any atom is -0.292 e. The number of ketones is 1. The first kappa shape index (κ1) is 14.2. The molecule has 0 aliphatic rings. The van der Waals surface area contributed by atoms with Crippen LogP contribution in [0.3, 0.4) is 0 Å². The van der Waals surface area contributed by atoms with Crippen LogP contribution >= 0.6 is 11.6 Å². The molecular formula is C16H11ClFNO. The normalized spacial score (nSPS) is 11.7. The third-order valence-corrected chi connectivity index (χ3v) is 3.41. The third kappa shape index (κ3) is 2.56. The van der Waals surface area contributed by atoms with Crippen molar-refractivity contribution in [2.45, 2.75) is 12.8 Å². The fraction of sp³-hybridized carbons (Fsp3) is 0.125. The van der Waals surface area contributed by atoms with Crippen molar-refractivity contribution in [3.63, 3.8) is 0 Å². The predicted octanol–water partition coefficient (Wildman–Crippen LogP) is 4.28. The van der Waals surface area contributed by atoms with Crippen molar-refractivity contribution in [3.8, 4) is 6.07 Å². The van der Waals surface area contributed by atoms with Crippen LogP contribution in [0.25, 0.3) is 0 Å². The first-order chi connectivity index (χ1) is 9.56. The monoisotopic (exact) mass is 287 g/mol. The van der Waals surface area contributed by atoms with E-state index in [9.17, 15) is 14.4 Å². The fourth-order valence-corrected chi connectivity index (χ4v) is 2.31. The number of carbonyl (C=O) groups is 1. The minimum absolute atomic E-state index is 0.0174. The molecule has 0 heterocycles. The summed E-state index contributed by atoms with van der Waals surface area (Å²) in [4.78, 5) is 12.4. The summed E-state index contributed by atoms with van der Waals surface area (Å²) in [5, 5.41) is 9.30. The fourth-order valence-electron chi connectivity index (χ4n) is 2.06. The smallest absolute Gasteiger partial charge is 0.188 e. The van der Waals surface area contributed by atoms with E-state index < -0.39 is 17.5 Å². The van der Waals surface area contributed by atoms with Crippen molar-refractivity contribution >= 4 is 17.4 Å². The van der Waals surface area contributed by atoms with Gasteiger partial charge >= 0.3 is 0 Å². The molecule has 1 atom stereocenters. The summed E-state index contributed by atoms with van der Waals surface area (Å²) in [6, 6.07) is 13.0. The number of halogens is 2. The van der Waals surface area contributed by atoms with E-state index in [0.717, 1.165) is 11.6 Å². The van der Waals surface area contributed by atoms with Gasteiger partial charge in [-0.25, -0.2) is 4.39 Å². The molecule has 0 amide bonds. The molecule has 0 fully saturated rings. The van der Waals surface area contributed by atoms with E-state index in [1.807, 2.05) is 12.1 Å². The number of hydrogen-bond donors (Lipinski definition) is 0. The average molecular weight is 288 g/mol. The lowest BCUT2D eigenvalue weighted by Gasteiger charge is -2.12. The number of benzene rings is 2. The van der Waals surface area contributed by atoms with E-state index in [2.05, 4.69) is 0 Å². The van der Waals surface area contributed by atoms with E-state index >= 15 is 0 Å². The Hall–Kier alpha value is -2.18. The molecule has 2 aromatic rings. The minimum atomic E-state index is -1.06. The van der Waals surface area contributed by atoms with Crippen LogP contribution in [0.1, 0.15) is 27.4 Å². The summed E-state index contributed by atoms with van der Waals surface area (Å²) >= 11 is 5.88. The van der Waals surface area contributed by atoms with E-state index in [4.69, 9.17) is 11.6 Å². The highest BCUT2D eigenvalue weighted by atomic mass is 35.5. The van der Waals surface area contributed by atoms with E-state index in [1.165, 1.54) is 12.1 Å². The Bertz CT molecular complexity index is 686. The first-order valence-corrected chi connectivity index (χ1v) is 6.37. The number of carbonyl (C=O) groups excluding carboxylic acids is 1. The van der Waals surface area contributed by atoms with Gasteiger partial charge in [0.1, 0.15) is 11.7 Å². The zero-order valence-electron chi connectivity index (χ0n) is 10.7. The molecule has 2 nitrogen and oxygen atoms in total.